The Morgan fingerprint density at radius 3 is 2.07 bits per heavy atom. The first kappa shape index (κ1) is 23.1. The summed E-state index contributed by atoms with van der Waals surface area (Å²) in [4.78, 5) is 12.4. The molecule has 0 bridgehead atoms. The van der Waals surface area contributed by atoms with Crippen molar-refractivity contribution in [3.63, 3.8) is 0 Å². The average molecular weight is 429 g/mol. The van der Waals surface area contributed by atoms with E-state index in [1.54, 1.807) is 0 Å². The predicted molar refractivity (Wildman–Crippen MR) is 101 cm³/mol. The Bertz CT molecular complexity index is 830. The fourth-order valence-electron chi connectivity index (χ4n) is 2.52. The number of carbonyl (C=O) groups is 1. The van der Waals surface area contributed by atoms with E-state index in [1.807, 2.05) is 0 Å². The number of carbonyl (C=O) groups excluding carboxylic acids is 1. The van der Waals surface area contributed by atoms with Crippen LogP contribution in [0, 0.1) is 0 Å². The molecule has 0 heterocycles. The Kier molecular flexibility index (Phi) is 7.76. The lowest BCUT2D eigenvalue weighted by Crippen LogP contribution is -2.35. The molecule has 1 atom stereocenters. The van der Waals surface area contributed by atoms with Crippen molar-refractivity contribution < 1.29 is 42.0 Å². The van der Waals surface area contributed by atoms with E-state index in [-0.39, 0.29) is 24.5 Å². The number of nitrogens with one attached hydrogen (secondary N) is 1. The molecule has 2 rings (SSSR count). The summed E-state index contributed by atoms with van der Waals surface area (Å²) in [5.41, 5.74) is -0.576. The maximum absolute atomic E-state index is 12.5. The van der Waals surface area contributed by atoms with Crippen LogP contribution in [0.1, 0.15) is 15.9 Å². The molecule has 0 fully saturated rings. The molecule has 164 valence electrons. The van der Waals surface area contributed by atoms with Gasteiger partial charge in [0.25, 0.3) is 5.91 Å². The fraction of sp³-hybridized carbons (Fsp3) is 0.350. The van der Waals surface area contributed by atoms with Crippen molar-refractivity contribution in [1.29, 1.82) is 0 Å². The van der Waals surface area contributed by atoms with Gasteiger partial charge >= 0.3 is 6.18 Å². The summed E-state index contributed by atoms with van der Waals surface area (Å²) in [5.74, 6) is 0.601. The van der Waals surface area contributed by atoms with Crippen LogP contribution < -0.4 is 24.3 Å². The van der Waals surface area contributed by atoms with E-state index >= 15 is 0 Å². The minimum absolute atomic E-state index is 0.143. The van der Waals surface area contributed by atoms with Crippen LogP contribution in [0.5, 0.6) is 23.0 Å². The van der Waals surface area contributed by atoms with E-state index in [4.69, 9.17) is 18.9 Å². The maximum Gasteiger partial charge on any atom is 0.416 e. The molecule has 0 radical (unpaired) electrons. The van der Waals surface area contributed by atoms with Gasteiger partial charge in [0.1, 0.15) is 18.5 Å². The number of halogens is 3. The van der Waals surface area contributed by atoms with Gasteiger partial charge in [-0.3, -0.25) is 4.79 Å². The number of aliphatic hydroxyl groups excluding tert-OH is 1. The summed E-state index contributed by atoms with van der Waals surface area (Å²) in [7, 11) is 4.27. The summed E-state index contributed by atoms with van der Waals surface area (Å²) in [6.07, 6.45) is -5.52. The highest BCUT2D eigenvalue weighted by molar-refractivity contribution is 5.95. The van der Waals surface area contributed by atoms with Gasteiger partial charge in [0.05, 0.1) is 26.9 Å². The van der Waals surface area contributed by atoms with Crippen LogP contribution in [0.25, 0.3) is 0 Å². The molecule has 10 heteroatoms. The Hall–Kier alpha value is -3.14. The molecular formula is C20H22F3NO6. The minimum Gasteiger partial charge on any atom is -0.493 e. The van der Waals surface area contributed by atoms with Gasteiger partial charge in [-0.05, 0) is 36.4 Å². The van der Waals surface area contributed by atoms with Crippen molar-refractivity contribution in [1.82, 2.24) is 5.32 Å². The lowest BCUT2D eigenvalue weighted by Gasteiger charge is -2.16. The summed E-state index contributed by atoms with van der Waals surface area (Å²) in [6, 6.07) is 7.00. The first-order valence-corrected chi connectivity index (χ1v) is 8.76. The Morgan fingerprint density at radius 2 is 1.60 bits per heavy atom. The van der Waals surface area contributed by atoms with Crippen molar-refractivity contribution in [2.24, 2.45) is 0 Å². The number of benzene rings is 2. The monoisotopic (exact) mass is 429 g/mol. The molecule has 0 aliphatic carbocycles. The molecule has 30 heavy (non-hydrogen) atoms. The summed E-state index contributed by atoms with van der Waals surface area (Å²) < 4.78 is 58.4. The van der Waals surface area contributed by atoms with Gasteiger partial charge in [-0.15, -0.1) is 0 Å². The molecule has 1 amide bonds. The molecule has 2 N–H and O–H groups in total. The van der Waals surface area contributed by atoms with E-state index in [0.29, 0.717) is 17.2 Å². The third-order valence-corrected chi connectivity index (χ3v) is 4.05. The Morgan fingerprint density at radius 1 is 1.03 bits per heavy atom. The van der Waals surface area contributed by atoms with Crippen LogP contribution in [-0.4, -0.2) is 51.6 Å². The summed E-state index contributed by atoms with van der Waals surface area (Å²) in [5, 5.41) is 12.5. The topological polar surface area (TPSA) is 86.3 Å². The van der Waals surface area contributed by atoms with Crippen LogP contribution in [0.3, 0.4) is 0 Å². The molecule has 2 aromatic rings. The van der Waals surface area contributed by atoms with Crippen LogP contribution in [0.4, 0.5) is 13.2 Å². The number of ether oxygens (including phenoxy) is 4. The standard InChI is InChI=1S/C20H22F3NO6/c1-27-16-8-12(9-17(28-2)18(16)29-3)19(26)24-10-14(25)11-30-15-6-4-13(5-7-15)20(21,22)23/h4-9,14,25H,10-11H2,1-3H3,(H,24,26). The molecule has 0 aliphatic heterocycles. The lowest BCUT2D eigenvalue weighted by atomic mass is 10.1. The second-order valence-corrected chi connectivity index (χ2v) is 6.11. The van der Waals surface area contributed by atoms with Gasteiger partial charge in [-0.2, -0.15) is 13.2 Å². The third kappa shape index (κ3) is 5.93. The highest BCUT2D eigenvalue weighted by atomic mass is 19.4. The van der Waals surface area contributed by atoms with Crippen LogP contribution in [0.2, 0.25) is 0 Å². The van der Waals surface area contributed by atoms with E-state index in [0.717, 1.165) is 24.3 Å². The first-order valence-electron chi connectivity index (χ1n) is 8.76. The van der Waals surface area contributed by atoms with E-state index in [1.165, 1.54) is 33.5 Å². The zero-order chi connectivity index (χ0) is 22.3. The SMILES string of the molecule is COc1cc(C(=O)NCC(O)COc2ccc(C(F)(F)F)cc2)cc(OC)c1OC. The van der Waals surface area contributed by atoms with Crippen molar-refractivity contribution in [3.8, 4) is 23.0 Å². The number of rotatable bonds is 9. The first-order chi connectivity index (χ1) is 14.2. The molecule has 1 unspecified atom stereocenters. The smallest absolute Gasteiger partial charge is 0.416 e. The number of hydrogen-bond donors (Lipinski definition) is 2. The van der Waals surface area contributed by atoms with Gasteiger partial charge in [0, 0.05) is 12.1 Å². The minimum atomic E-state index is -4.44. The van der Waals surface area contributed by atoms with E-state index in [2.05, 4.69) is 5.32 Å². The van der Waals surface area contributed by atoms with Crippen molar-refractivity contribution in [3.05, 3.63) is 47.5 Å². The lowest BCUT2D eigenvalue weighted by molar-refractivity contribution is -0.137. The van der Waals surface area contributed by atoms with Gasteiger partial charge < -0.3 is 29.4 Å². The number of aliphatic hydroxyl groups is 1. The zero-order valence-corrected chi connectivity index (χ0v) is 16.6. The number of amides is 1. The second kappa shape index (κ2) is 10.1. The van der Waals surface area contributed by atoms with Crippen molar-refractivity contribution in [2.75, 3.05) is 34.5 Å². The predicted octanol–water partition coefficient (Wildman–Crippen LogP) is 2.90. The third-order valence-electron chi connectivity index (χ3n) is 4.05. The van der Waals surface area contributed by atoms with Gasteiger partial charge in [0.2, 0.25) is 5.75 Å². The Balaban J connectivity index is 1.91. The highest BCUT2D eigenvalue weighted by Gasteiger charge is 2.30. The second-order valence-electron chi connectivity index (χ2n) is 6.11. The zero-order valence-electron chi connectivity index (χ0n) is 16.6. The van der Waals surface area contributed by atoms with Gasteiger partial charge in [-0.25, -0.2) is 0 Å². The van der Waals surface area contributed by atoms with Gasteiger partial charge in [0.15, 0.2) is 11.5 Å². The molecule has 0 aromatic heterocycles. The van der Waals surface area contributed by atoms with Gasteiger partial charge in [-0.1, -0.05) is 0 Å². The van der Waals surface area contributed by atoms with Crippen molar-refractivity contribution in [2.45, 2.75) is 12.3 Å². The summed E-state index contributed by atoms with van der Waals surface area (Å²) in [6.45, 7) is -0.364. The fourth-order valence-corrected chi connectivity index (χ4v) is 2.52. The van der Waals surface area contributed by atoms with Crippen LogP contribution in [0.15, 0.2) is 36.4 Å². The quantitative estimate of drug-likeness (QED) is 0.638. The van der Waals surface area contributed by atoms with Crippen molar-refractivity contribution >= 4 is 5.91 Å². The molecule has 0 saturated carbocycles. The molecule has 0 saturated heterocycles. The van der Waals surface area contributed by atoms with Crippen LogP contribution >= 0.6 is 0 Å². The normalized spacial score (nSPS) is 12.1. The number of alkyl halides is 3. The summed E-state index contributed by atoms with van der Waals surface area (Å²) >= 11 is 0. The Labute approximate surface area is 171 Å². The molecule has 0 aliphatic rings. The number of hydrogen-bond acceptors (Lipinski definition) is 6. The maximum atomic E-state index is 12.5. The molecule has 2 aromatic carbocycles. The van der Waals surface area contributed by atoms with Crippen LogP contribution in [-0.2, 0) is 6.18 Å². The molecule has 7 nitrogen and oxygen atoms in total. The molecule has 0 spiro atoms. The number of methoxy groups -OCH3 is 3. The largest absolute Gasteiger partial charge is 0.493 e. The van der Waals surface area contributed by atoms with E-state index < -0.39 is 23.8 Å². The highest BCUT2D eigenvalue weighted by Crippen LogP contribution is 2.38. The van der Waals surface area contributed by atoms with E-state index in [9.17, 15) is 23.1 Å². The average Bonchev–Trinajstić information content (AvgIpc) is 2.74. The molecular weight excluding hydrogens is 407 g/mol.